The molecule has 0 saturated carbocycles. The van der Waals surface area contributed by atoms with Crippen molar-refractivity contribution in [2.24, 2.45) is 17.2 Å². The van der Waals surface area contributed by atoms with E-state index >= 15 is 0 Å². The molecule has 42 heavy (non-hydrogen) atoms. The first-order chi connectivity index (χ1) is 19.5. The van der Waals surface area contributed by atoms with Gasteiger partial charge in [0.25, 0.3) is 0 Å². The molecule has 0 saturated heterocycles. The average Bonchev–Trinajstić information content (AvgIpc) is 2.87. The van der Waals surface area contributed by atoms with E-state index in [-0.39, 0.29) is 12.2 Å². The molecule has 13 N–H and O–H groups in total. The zero-order chi connectivity index (χ0) is 32.1. The molecule has 0 bridgehead atoms. The van der Waals surface area contributed by atoms with E-state index in [0.717, 1.165) is 6.92 Å². The second kappa shape index (κ2) is 16.1. The molecule has 1 rings (SSSR count). The second-order valence-electron chi connectivity index (χ2n) is 9.17. The molecule has 230 valence electrons. The number of hydrogen-bond acceptors (Lipinski definition) is 10. The Morgan fingerprint density at radius 2 is 1.19 bits per heavy atom. The number of amides is 6. The average molecular weight is 596 g/mol. The van der Waals surface area contributed by atoms with Gasteiger partial charge >= 0.3 is 11.9 Å². The molecule has 0 aromatic heterocycles. The van der Waals surface area contributed by atoms with E-state index in [2.05, 4.69) is 16.0 Å². The van der Waals surface area contributed by atoms with Crippen molar-refractivity contribution in [3.63, 3.8) is 0 Å². The summed E-state index contributed by atoms with van der Waals surface area (Å²) in [4.78, 5) is 95.8. The highest BCUT2D eigenvalue weighted by Gasteiger charge is 2.32. The Kier molecular flexibility index (Phi) is 13.3. The number of carbonyl (C=O) groups is 8. The molecule has 5 atom stereocenters. The van der Waals surface area contributed by atoms with Gasteiger partial charge in [0.15, 0.2) is 0 Å². The lowest BCUT2D eigenvalue weighted by atomic mass is 10.0. The minimum absolute atomic E-state index is 0.0822. The van der Waals surface area contributed by atoms with E-state index in [0.29, 0.717) is 5.56 Å². The molecule has 0 fully saturated rings. The van der Waals surface area contributed by atoms with E-state index in [1.54, 1.807) is 0 Å². The van der Waals surface area contributed by atoms with Gasteiger partial charge in [-0.1, -0.05) is 12.1 Å². The number of hydrogen-bond donors (Lipinski definition) is 10. The van der Waals surface area contributed by atoms with Gasteiger partial charge in [0.2, 0.25) is 35.4 Å². The first-order valence-corrected chi connectivity index (χ1v) is 12.3. The summed E-state index contributed by atoms with van der Waals surface area (Å²) in [6.07, 6.45) is -2.45. The number of aromatic hydroxyl groups is 1. The summed E-state index contributed by atoms with van der Waals surface area (Å²) in [6, 6.07) is -2.30. The number of primary amides is 2. The summed E-state index contributed by atoms with van der Waals surface area (Å²) in [5.74, 6) is -9.28. The third-order valence-corrected chi connectivity index (χ3v) is 5.55. The molecule has 1 aromatic carbocycles. The van der Waals surface area contributed by atoms with Crippen molar-refractivity contribution >= 4 is 47.4 Å². The van der Waals surface area contributed by atoms with Gasteiger partial charge in [-0.2, -0.15) is 0 Å². The molecule has 6 amide bonds. The number of phenolic OH excluding ortho intramolecular Hbond substituents is 1. The van der Waals surface area contributed by atoms with Crippen LogP contribution in [-0.2, 0) is 44.8 Å². The van der Waals surface area contributed by atoms with Gasteiger partial charge in [-0.25, -0.2) is 4.79 Å². The largest absolute Gasteiger partial charge is 0.508 e. The molecule has 18 heteroatoms. The van der Waals surface area contributed by atoms with Crippen molar-refractivity contribution in [3.05, 3.63) is 29.8 Å². The standard InChI is InChI=1S/C24H33N7O11/c1-10(20(37)31-16(24(41)42)9-19(35)36)28-22(39)15(8-18(27)34)30-23(40)14(6-11-2-4-12(32)5-3-11)29-21(38)13(25)7-17(26)33/h2-5,10,13-16,32H,6-9,25H2,1H3,(H2,26,33)(H2,27,34)(H,28,39)(H,29,38)(H,30,40)(H,31,37)(H,35,36)(H,41,42)/t10-,13-,14-,15-,16-/m0/s1. The normalized spacial score (nSPS) is 14.1. The van der Waals surface area contributed by atoms with E-state index in [1.807, 2.05) is 5.32 Å². The Labute approximate surface area is 238 Å². The van der Waals surface area contributed by atoms with Crippen LogP contribution in [0.3, 0.4) is 0 Å². The van der Waals surface area contributed by atoms with Gasteiger partial charge in [-0.3, -0.25) is 33.6 Å². The van der Waals surface area contributed by atoms with E-state index in [9.17, 15) is 43.5 Å². The number of nitrogens with one attached hydrogen (secondary N) is 4. The highest BCUT2D eigenvalue weighted by Crippen LogP contribution is 2.12. The molecule has 0 aliphatic heterocycles. The number of carbonyl (C=O) groups excluding carboxylic acids is 6. The SMILES string of the molecule is C[C@H](NC(=O)[C@H](CC(N)=O)NC(=O)[C@H](Cc1ccc(O)cc1)NC(=O)[C@@H](N)CC(N)=O)C(=O)N[C@@H](CC(=O)O)C(=O)O. The fourth-order valence-electron chi connectivity index (χ4n) is 3.40. The van der Waals surface area contributed by atoms with Crippen molar-refractivity contribution in [1.82, 2.24) is 21.3 Å². The highest BCUT2D eigenvalue weighted by atomic mass is 16.4. The highest BCUT2D eigenvalue weighted by molar-refractivity contribution is 5.97. The van der Waals surface area contributed by atoms with Crippen molar-refractivity contribution in [2.75, 3.05) is 0 Å². The van der Waals surface area contributed by atoms with Crippen LogP contribution in [0.2, 0.25) is 0 Å². The van der Waals surface area contributed by atoms with Crippen LogP contribution in [0.5, 0.6) is 5.75 Å². The summed E-state index contributed by atoms with van der Waals surface area (Å²) in [5, 5.41) is 36.1. The predicted octanol–water partition coefficient (Wildman–Crippen LogP) is -4.47. The number of nitrogens with two attached hydrogens (primary N) is 3. The fraction of sp³-hybridized carbons (Fsp3) is 0.417. The van der Waals surface area contributed by atoms with Crippen LogP contribution in [0.4, 0.5) is 0 Å². The van der Waals surface area contributed by atoms with Gasteiger partial charge in [-0.15, -0.1) is 0 Å². The molecule has 18 nitrogen and oxygen atoms in total. The third kappa shape index (κ3) is 12.3. The van der Waals surface area contributed by atoms with Crippen LogP contribution in [0.1, 0.15) is 31.7 Å². The summed E-state index contributed by atoms with van der Waals surface area (Å²) < 4.78 is 0. The van der Waals surface area contributed by atoms with Gasteiger partial charge < -0.3 is 53.8 Å². The Morgan fingerprint density at radius 3 is 1.69 bits per heavy atom. The second-order valence-corrected chi connectivity index (χ2v) is 9.17. The molecule has 0 heterocycles. The van der Waals surface area contributed by atoms with Crippen molar-refractivity contribution in [2.45, 2.75) is 62.8 Å². The lowest BCUT2D eigenvalue weighted by Crippen LogP contribution is -2.59. The molecular weight excluding hydrogens is 562 g/mol. The number of aliphatic carboxylic acids is 2. The maximum Gasteiger partial charge on any atom is 0.326 e. The zero-order valence-electron chi connectivity index (χ0n) is 22.4. The van der Waals surface area contributed by atoms with Gasteiger partial charge in [0.1, 0.15) is 29.9 Å². The molecule has 0 spiro atoms. The topological polar surface area (TPSA) is 323 Å². The first-order valence-electron chi connectivity index (χ1n) is 12.3. The Bertz CT molecular complexity index is 1210. The van der Waals surface area contributed by atoms with Crippen LogP contribution in [0.15, 0.2) is 24.3 Å². The number of benzene rings is 1. The van der Waals surface area contributed by atoms with Gasteiger partial charge in [0, 0.05) is 6.42 Å². The van der Waals surface area contributed by atoms with Crippen LogP contribution in [0.25, 0.3) is 0 Å². The molecule has 1 aromatic rings. The minimum atomic E-state index is -1.80. The number of rotatable bonds is 17. The lowest BCUT2D eigenvalue weighted by Gasteiger charge is -2.25. The van der Waals surface area contributed by atoms with Crippen LogP contribution < -0.4 is 38.5 Å². The quantitative estimate of drug-likeness (QED) is 0.0815. The van der Waals surface area contributed by atoms with Crippen molar-refractivity contribution < 1.29 is 53.7 Å². The molecule has 0 unspecified atom stereocenters. The molecule has 0 aliphatic rings. The zero-order valence-corrected chi connectivity index (χ0v) is 22.4. The summed E-state index contributed by atoms with van der Waals surface area (Å²) in [6.45, 7) is 1.13. The third-order valence-electron chi connectivity index (χ3n) is 5.55. The maximum atomic E-state index is 13.2. The Hall–Kier alpha value is -5.26. The number of carboxylic acid groups (broad SMARTS) is 2. The first kappa shape index (κ1) is 34.8. The van der Waals surface area contributed by atoms with Crippen molar-refractivity contribution in [1.29, 1.82) is 0 Å². The van der Waals surface area contributed by atoms with Crippen LogP contribution >= 0.6 is 0 Å². The van der Waals surface area contributed by atoms with E-state index < -0.39 is 96.9 Å². The van der Waals surface area contributed by atoms with Crippen LogP contribution in [-0.4, -0.2) is 92.9 Å². The molecule has 0 aliphatic carbocycles. The molecule has 0 radical (unpaired) electrons. The van der Waals surface area contributed by atoms with Gasteiger partial charge in [0.05, 0.1) is 25.3 Å². The van der Waals surface area contributed by atoms with Crippen LogP contribution in [0, 0.1) is 0 Å². The minimum Gasteiger partial charge on any atom is -0.508 e. The number of phenols is 1. The lowest BCUT2D eigenvalue weighted by molar-refractivity contribution is -0.147. The van der Waals surface area contributed by atoms with E-state index in [1.165, 1.54) is 24.3 Å². The monoisotopic (exact) mass is 595 g/mol. The number of carboxylic acids is 2. The fourth-order valence-corrected chi connectivity index (χ4v) is 3.40. The summed E-state index contributed by atoms with van der Waals surface area (Å²) in [5.41, 5.74) is 16.3. The van der Waals surface area contributed by atoms with E-state index in [4.69, 9.17) is 27.4 Å². The van der Waals surface area contributed by atoms with Crippen molar-refractivity contribution in [3.8, 4) is 5.75 Å². The summed E-state index contributed by atoms with van der Waals surface area (Å²) in [7, 11) is 0. The predicted molar refractivity (Wildman–Crippen MR) is 141 cm³/mol. The Morgan fingerprint density at radius 1 is 0.690 bits per heavy atom. The van der Waals surface area contributed by atoms with Gasteiger partial charge in [-0.05, 0) is 24.6 Å². The summed E-state index contributed by atoms with van der Waals surface area (Å²) >= 11 is 0. The molecular formula is C24H33N7O11. The smallest absolute Gasteiger partial charge is 0.326 e. The maximum absolute atomic E-state index is 13.2. The Balaban J connectivity index is 3.11.